The summed E-state index contributed by atoms with van der Waals surface area (Å²) >= 11 is 0. The zero-order valence-corrected chi connectivity index (χ0v) is 23.0. The molecule has 0 atom stereocenters. The maximum Gasteiger partial charge on any atom is 0.0551 e. The second-order valence-electron chi connectivity index (χ2n) is 10.7. The van der Waals surface area contributed by atoms with E-state index in [-0.39, 0.29) is 0 Å². The van der Waals surface area contributed by atoms with Gasteiger partial charge in [-0.1, -0.05) is 116 Å². The zero-order chi connectivity index (χ0) is 26.9. The first kappa shape index (κ1) is 24.8. The summed E-state index contributed by atoms with van der Waals surface area (Å²) in [7, 11) is 0. The molecule has 0 aliphatic carbocycles. The van der Waals surface area contributed by atoms with Gasteiger partial charge in [-0.15, -0.1) is 0 Å². The first-order valence-electron chi connectivity index (χ1n) is 13.7. The van der Waals surface area contributed by atoms with Gasteiger partial charge in [0.25, 0.3) is 0 Å². The van der Waals surface area contributed by atoms with Gasteiger partial charge in [0.1, 0.15) is 0 Å². The summed E-state index contributed by atoms with van der Waals surface area (Å²) in [5.74, 6) is 0.413. The van der Waals surface area contributed by atoms with Crippen LogP contribution in [0.25, 0.3) is 32.7 Å². The van der Waals surface area contributed by atoms with Crippen LogP contribution in [0, 0.1) is 13.8 Å². The largest absolute Gasteiger partial charge is 0.355 e. The minimum Gasteiger partial charge on any atom is -0.355 e. The maximum atomic E-state index is 3.85. The highest BCUT2D eigenvalue weighted by molar-refractivity contribution is 6.24. The molecule has 0 fully saturated rings. The van der Waals surface area contributed by atoms with Crippen molar-refractivity contribution in [2.24, 2.45) is 0 Å². The van der Waals surface area contributed by atoms with Crippen LogP contribution in [-0.4, -0.2) is 0 Å². The molecule has 0 radical (unpaired) electrons. The molecule has 0 amide bonds. The number of hydrogen-bond acceptors (Lipinski definition) is 2. The summed E-state index contributed by atoms with van der Waals surface area (Å²) in [4.78, 5) is 0. The molecule has 0 unspecified atom stereocenters. The van der Waals surface area contributed by atoms with Gasteiger partial charge in [-0.2, -0.15) is 0 Å². The first-order valence-corrected chi connectivity index (χ1v) is 13.7. The SMILES string of the molecule is Cc1ccc(Nc2c3ccccc3c(Nc3ccc(C)cc3)c3c(-c4ccccc4C(C)C)cccc23)cc1. The molecule has 2 heteroatoms. The second-order valence-corrected chi connectivity index (χ2v) is 10.7. The van der Waals surface area contributed by atoms with E-state index in [0.717, 1.165) is 22.7 Å². The lowest BCUT2D eigenvalue weighted by Gasteiger charge is -2.23. The zero-order valence-electron chi connectivity index (χ0n) is 23.0. The van der Waals surface area contributed by atoms with E-state index in [1.54, 1.807) is 0 Å². The third kappa shape index (κ3) is 4.75. The van der Waals surface area contributed by atoms with Gasteiger partial charge < -0.3 is 10.6 Å². The summed E-state index contributed by atoms with van der Waals surface area (Å²) in [6.07, 6.45) is 0. The molecule has 2 nitrogen and oxygen atoms in total. The van der Waals surface area contributed by atoms with E-state index in [1.807, 2.05) is 0 Å². The molecule has 6 rings (SSSR count). The average Bonchev–Trinajstić information content (AvgIpc) is 2.96. The van der Waals surface area contributed by atoms with E-state index in [0.29, 0.717) is 5.92 Å². The molecule has 0 aliphatic heterocycles. The minimum atomic E-state index is 0.413. The Bertz CT molecular complexity index is 1780. The van der Waals surface area contributed by atoms with Crippen LogP contribution in [0.3, 0.4) is 0 Å². The number of aryl methyl sites for hydroxylation is 2. The fourth-order valence-corrected chi connectivity index (χ4v) is 5.53. The van der Waals surface area contributed by atoms with Crippen LogP contribution in [0.1, 0.15) is 36.5 Å². The molecule has 0 spiro atoms. The van der Waals surface area contributed by atoms with E-state index in [1.165, 1.54) is 49.4 Å². The van der Waals surface area contributed by atoms with Crippen LogP contribution in [-0.2, 0) is 0 Å². The Hall–Kier alpha value is -4.56. The first-order chi connectivity index (χ1) is 19.0. The van der Waals surface area contributed by atoms with Crippen LogP contribution in [0.4, 0.5) is 22.7 Å². The summed E-state index contributed by atoms with van der Waals surface area (Å²) in [5, 5.41) is 12.4. The van der Waals surface area contributed by atoms with Gasteiger partial charge >= 0.3 is 0 Å². The van der Waals surface area contributed by atoms with Crippen molar-refractivity contribution in [3.63, 3.8) is 0 Å². The Balaban J connectivity index is 1.70. The van der Waals surface area contributed by atoms with Gasteiger partial charge in [0.15, 0.2) is 0 Å². The van der Waals surface area contributed by atoms with Crippen LogP contribution in [0.5, 0.6) is 0 Å². The topological polar surface area (TPSA) is 24.1 Å². The Morgan fingerprint density at radius 3 is 1.56 bits per heavy atom. The molecule has 6 aromatic carbocycles. The predicted molar refractivity (Wildman–Crippen MR) is 170 cm³/mol. The van der Waals surface area contributed by atoms with E-state index in [9.17, 15) is 0 Å². The van der Waals surface area contributed by atoms with Crippen molar-refractivity contribution in [3.8, 4) is 11.1 Å². The Labute approximate surface area is 231 Å². The van der Waals surface area contributed by atoms with Crippen LogP contribution in [0.15, 0.2) is 115 Å². The minimum absolute atomic E-state index is 0.413. The molecule has 0 bridgehead atoms. The molecular formula is C37H34N2. The Kier molecular flexibility index (Phi) is 6.54. The molecule has 0 heterocycles. The van der Waals surface area contributed by atoms with Crippen molar-refractivity contribution in [2.45, 2.75) is 33.6 Å². The van der Waals surface area contributed by atoms with Crippen LogP contribution in [0.2, 0.25) is 0 Å². The number of benzene rings is 6. The van der Waals surface area contributed by atoms with Crippen LogP contribution < -0.4 is 10.6 Å². The summed E-state index contributed by atoms with van der Waals surface area (Å²) in [5.41, 5.74) is 10.8. The fraction of sp³-hybridized carbons (Fsp3) is 0.135. The smallest absolute Gasteiger partial charge is 0.0551 e. The maximum absolute atomic E-state index is 3.85. The summed E-state index contributed by atoms with van der Waals surface area (Å²) < 4.78 is 0. The van der Waals surface area contributed by atoms with Crippen molar-refractivity contribution in [3.05, 3.63) is 132 Å². The third-order valence-electron chi connectivity index (χ3n) is 7.56. The van der Waals surface area contributed by atoms with Gasteiger partial charge in [-0.25, -0.2) is 0 Å². The lowest BCUT2D eigenvalue weighted by atomic mass is 9.87. The highest BCUT2D eigenvalue weighted by atomic mass is 14.9. The summed E-state index contributed by atoms with van der Waals surface area (Å²) in [6.45, 7) is 8.80. The quantitative estimate of drug-likeness (QED) is 0.173. The lowest BCUT2D eigenvalue weighted by Crippen LogP contribution is -2.00. The Morgan fingerprint density at radius 2 is 0.949 bits per heavy atom. The number of nitrogens with one attached hydrogen (secondary N) is 2. The number of rotatable bonds is 6. The fourth-order valence-electron chi connectivity index (χ4n) is 5.53. The molecule has 0 aromatic heterocycles. The van der Waals surface area contributed by atoms with Crippen molar-refractivity contribution in [1.29, 1.82) is 0 Å². The van der Waals surface area contributed by atoms with Crippen molar-refractivity contribution >= 4 is 44.3 Å². The normalized spacial score (nSPS) is 11.3. The Morgan fingerprint density at radius 1 is 0.462 bits per heavy atom. The molecule has 192 valence electrons. The van der Waals surface area contributed by atoms with Crippen LogP contribution >= 0.6 is 0 Å². The molecular weight excluding hydrogens is 472 g/mol. The van der Waals surface area contributed by atoms with Crippen molar-refractivity contribution in [1.82, 2.24) is 0 Å². The second kappa shape index (κ2) is 10.3. The highest BCUT2D eigenvalue weighted by Gasteiger charge is 2.19. The van der Waals surface area contributed by atoms with E-state index in [4.69, 9.17) is 0 Å². The molecule has 6 aromatic rings. The molecule has 2 N–H and O–H groups in total. The lowest BCUT2D eigenvalue weighted by molar-refractivity contribution is 0.869. The van der Waals surface area contributed by atoms with Gasteiger partial charge in [-0.05, 0) is 60.7 Å². The number of anilines is 4. The van der Waals surface area contributed by atoms with E-state index < -0.39 is 0 Å². The number of fused-ring (bicyclic) bond motifs is 2. The predicted octanol–water partition coefficient (Wildman–Crippen LogP) is 10.9. The molecule has 0 saturated heterocycles. The van der Waals surface area contributed by atoms with Gasteiger partial charge in [0.05, 0.1) is 11.4 Å². The molecule has 0 aliphatic rings. The molecule has 0 saturated carbocycles. The number of hydrogen-bond donors (Lipinski definition) is 2. The molecule has 39 heavy (non-hydrogen) atoms. The van der Waals surface area contributed by atoms with Crippen molar-refractivity contribution in [2.75, 3.05) is 10.6 Å². The third-order valence-corrected chi connectivity index (χ3v) is 7.56. The summed E-state index contributed by atoms with van der Waals surface area (Å²) in [6, 6.07) is 41.5. The average molecular weight is 507 g/mol. The standard InChI is InChI=1S/C37H34N2/c1-24(2)29-10-5-6-11-30(29)31-14-9-15-34-35(31)37(39-28-22-18-26(4)19-23-28)33-13-8-7-12-32(33)36(34)38-27-20-16-25(3)17-21-27/h5-24,38-39H,1-4H3. The highest BCUT2D eigenvalue weighted by Crippen LogP contribution is 2.47. The van der Waals surface area contributed by atoms with Crippen molar-refractivity contribution < 1.29 is 0 Å². The van der Waals surface area contributed by atoms with Gasteiger partial charge in [-0.3, -0.25) is 0 Å². The van der Waals surface area contributed by atoms with Gasteiger partial charge in [0.2, 0.25) is 0 Å². The monoisotopic (exact) mass is 506 g/mol. The van der Waals surface area contributed by atoms with E-state index in [2.05, 4.69) is 154 Å². The van der Waals surface area contributed by atoms with Gasteiger partial charge in [0, 0.05) is 32.9 Å². The van der Waals surface area contributed by atoms with E-state index >= 15 is 0 Å².